The van der Waals surface area contributed by atoms with Gasteiger partial charge in [0.05, 0.1) is 36.9 Å². The van der Waals surface area contributed by atoms with E-state index in [1.807, 2.05) is 17.1 Å². The Bertz CT molecular complexity index is 839. The summed E-state index contributed by atoms with van der Waals surface area (Å²) in [7, 11) is 0. The van der Waals surface area contributed by atoms with Crippen LogP contribution in [0.3, 0.4) is 0 Å². The van der Waals surface area contributed by atoms with Crippen molar-refractivity contribution in [2.75, 3.05) is 6.61 Å². The van der Waals surface area contributed by atoms with Crippen LogP contribution in [-0.2, 0) is 26.2 Å². The fourth-order valence-corrected chi connectivity index (χ4v) is 3.21. The van der Waals surface area contributed by atoms with Crippen molar-refractivity contribution in [3.63, 3.8) is 0 Å². The van der Waals surface area contributed by atoms with Gasteiger partial charge in [0, 0.05) is 36.3 Å². The van der Waals surface area contributed by atoms with Gasteiger partial charge in [0.25, 0.3) is 0 Å². The van der Waals surface area contributed by atoms with Crippen molar-refractivity contribution in [3.8, 4) is 11.3 Å². The van der Waals surface area contributed by atoms with E-state index in [1.165, 1.54) is 17.7 Å². The molecular weight excluding hydrogens is 309 g/mol. The molecule has 0 bridgehead atoms. The maximum Gasteiger partial charge on any atom is 0.123 e. The first kappa shape index (κ1) is 15.0. The van der Waals surface area contributed by atoms with Gasteiger partial charge in [-0.15, -0.1) is 0 Å². The molecule has 0 aliphatic carbocycles. The summed E-state index contributed by atoms with van der Waals surface area (Å²) < 4.78 is 15.0. The normalized spacial score (nSPS) is 14.2. The summed E-state index contributed by atoms with van der Waals surface area (Å²) in [6, 6.07) is 6.42. The number of aromatic amines is 1. The number of nitrogens with zero attached hydrogens (tertiary/aromatic N) is 4. The molecule has 24 heavy (non-hydrogen) atoms. The van der Waals surface area contributed by atoms with Gasteiger partial charge in [-0.1, -0.05) is 0 Å². The summed E-state index contributed by atoms with van der Waals surface area (Å²) in [5.74, 6) is -0.247. The molecule has 0 radical (unpaired) electrons. The highest BCUT2D eigenvalue weighted by Gasteiger charge is 2.24. The zero-order valence-corrected chi connectivity index (χ0v) is 13.1. The smallest absolute Gasteiger partial charge is 0.123 e. The summed E-state index contributed by atoms with van der Waals surface area (Å²) in [6.07, 6.45) is 3.70. The number of fused-ring (bicyclic) bond motifs is 1. The number of aromatic nitrogens is 4. The van der Waals surface area contributed by atoms with Gasteiger partial charge in [0.2, 0.25) is 0 Å². The van der Waals surface area contributed by atoms with Crippen LogP contribution >= 0.6 is 0 Å². The lowest BCUT2D eigenvalue weighted by atomic mass is 10.1. The highest BCUT2D eigenvalue weighted by Crippen LogP contribution is 2.27. The van der Waals surface area contributed by atoms with Crippen molar-refractivity contribution in [1.29, 1.82) is 0 Å². The van der Waals surface area contributed by atoms with E-state index in [4.69, 9.17) is 5.11 Å². The van der Waals surface area contributed by atoms with Gasteiger partial charge in [-0.25, -0.2) is 4.39 Å². The molecule has 3 heterocycles. The Kier molecular flexibility index (Phi) is 3.87. The van der Waals surface area contributed by atoms with E-state index in [9.17, 15) is 4.39 Å². The van der Waals surface area contributed by atoms with Crippen LogP contribution in [0.1, 0.15) is 16.8 Å². The van der Waals surface area contributed by atoms with E-state index in [-0.39, 0.29) is 12.4 Å². The number of H-pyrrole nitrogens is 1. The van der Waals surface area contributed by atoms with Gasteiger partial charge < -0.3 is 5.11 Å². The number of halogens is 1. The lowest BCUT2D eigenvalue weighted by molar-refractivity contribution is 0.250. The van der Waals surface area contributed by atoms with Gasteiger partial charge in [-0.3, -0.25) is 14.7 Å². The number of benzene rings is 1. The van der Waals surface area contributed by atoms with Gasteiger partial charge in [-0.05, 0) is 24.3 Å². The first-order valence-corrected chi connectivity index (χ1v) is 7.89. The third-order valence-corrected chi connectivity index (χ3v) is 4.36. The average Bonchev–Trinajstić information content (AvgIpc) is 3.27. The van der Waals surface area contributed by atoms with Crippen LogP contribution in [-0.4, -0.2) is 36.6 Å². The predicted octanol–water partition coefficient (Wildman–Crippen LogP) is 1.92. The molecule has 0 amide bonds. The fraction of sp³-hybridized carbons (Fsp3) is 0.294. The fourth-order valence-electron chi connectivity index (χ4n) is 3.21. The minimum Gasteiger partial charge on any atom is -0.394 e. The Morgan fingerprint density at radius 3 is 2.79 bits per heavy atom. The molecular formula is C17H18FN5O. The molecule has 0 atom stereocenters. The molecule has 0 spiro atoms. The molecule has 0 unspecified atom stereocenters. The van der Waals surface area contributed by atoms with E-state index in [0.29, 0.717) is 6.54 Å². The van der Waals surface area contributed by atoms with Crippen molar-refractivity contribution >= 4 is 0 Å². The molecule has 2 aromatic heterocycles. The van der Waals surface area contributed by atoms with Gasteiger partial charge in [0.15, 0.2) is 0 Å². The molecule has 0 saturated heterocycles. The molecule has 4 rings (SSSR count). The summed E-state index contributed by atoms with van der Waals surface area (Å²) in [5.41, 5.74) is 5.29. The summed E-state index contributed by atoms with van der Waals surface area (Å²) >= 11 is 0. The van der Waals surface area contributed by atoms with Crippen molar-refractivity contribution in [3.05, 3.63) is 59.3 Å². The molecule has 0 saturated carbocycles. The average molecular weight is 327 g/mol. The van der Waals surface area contributed by atoms with Crippen LogP contribution in [0.15, 0.2) is 36.7 Å². The number of aliphatic hydroxyl groups is 1. The zero-order valence-electron chi connectivity index (χ0n) is 13.1. The molecule has 1 aliphatic heterocycles. The maximum atomic E-state index is 13.1. The number of aliphatic hydroxyl groups excluding tert-OH is 1. The van der Waals surface area contributed by atoms with E-state index in [0.717, 1.165) is 42.1 Å². The van der Waals surface area contributed by atoms with E-state index < -0.39 is 0 Å². The quantitative estimate of drug-likeness (QED) is 0.751. The monoisotopic (exact) mass is 327 g/mol. The van der Waals surface area contributed by atoms with Crippen molar-refractivity contribution in [1.82, 2.24) is 24.9 Å². The molecule has 1 aliphatic rings. The number of rotatable bonds is 5. The highest BCUT2D eigenvalue weighted by molar-refractivity contribution is 5.62. The molecule has 0 fully saturated rings. The Morgan fingerprint density at radius 1 is 1.17 bits per heavy atom. The van der Waals surface area contributed by atoms with Gasteiger partial charge in [-0.2, -0.15) is 10.2 Å². The van der Waals surface area contributed by atoms with Crippen LogP contribution in [0, 0.1) is 5.82 Å². The van der Waals surface area contributed by atoms with Crippen molar-refractivity contribution < 1.29 is 9.50 Å². The Labute approximate surface area is 138 Å². The minimum absolute atomic E-state index is 0.0879. The second kappa shape index (κ2) is 6.18. The summed E-state index contributed by atoms with van der Waals surface area (Å²) in [4.78, 5) is 2.30. The molecule has 124 valence electrons. The second-order valence-electron chi connectivity index (χ2n) is 5.99. The highest BCUT2D eigenvalue weighted by atomic mass is 19.1. The lowest BCUT2D eigenvalue weighted by Gasteiger charge is -2.15. The third kappa shape index (κ3) is 2.72. The number of nitrogens with one attached hydrogen (secondary N) is 1. The zero-order chi connectivity index (χ0) is 16.5. The van der Waals surface area contributed by atoms with E-state index in [2.05, 4.69) is 20.2 Å². The Balaban J connectivity index is 1.51. The van der Waals surface area contributed by atoms with Crippen LogP contribution in [0.2, 0.25) is 0 Å². The molecule has 2 N–H and O–H groups in total. The van der Waals surface area contributed by atoms with Crippen LogP contribution in [0.25, 0.3) is 11.3 Å². The maximum absolute atomic E-state index is 13.1. The van der Waals surface area contributed by atoms with Gasteiger partial charge in [0.1, 0.15) is 5.82 Å². The summed E-state index contributed by atoms with van der Waals surface area (Å²) in [5, 5.41) is 20.6. The van der Waals surface area contributed by atoms with Crippen molar-refractivity contribution in [2.24, 2.45) is 0 Å². The SMILES string of the molecule is OCCn1ncc2c1CN(Cc1cn[nH]c1-c1ccc(F)cc1)C2. The van der Waals surface area contributed by atoms with E-state index in [1.54, 1.807) is 12.1 Å². The number of hydrogen-bond acceptors (Lipinski definition) is 4. The Morgan fingerprint density at radius 2 is 2.00 bits per heavy atom. The van der Waals surface area contributed by atoms with E-state index >= 15 is 0 Å². The first-order valence-electron chi connectivity index (χ1n) is 7.89. The molecule has 1 aromatic carbocycles. The Hall–Kier alpha value is -2.51. The first-order chi connectivity index (χ1) is 11.7. The molecule has 3 aromatic rings. The second-order valence-corrected chi connectivity index (χ2v) is 5.99. The van der Waals surface area contributed by atoms with Crippen LogP contribution in [0.5, 0.6) is 0 Å². The van der Waals surface area contributed by atoms with Crippen LogP contribution < -0.4 is 0 Å². The number of hydrogen-bond donors (Lipinski definition) is 2. The predicted molar refractivity (Wildman–Crippen MR) is 86.2 cm³/mol. The van der Waals surface area contributed by atoms with Gasteiger partial charge >= 0.3 is 0 Å². The largest absolute Gasteiger partial charge is 0.394 e. The minimum atomic E-state index is -0.247. The van der Waals surface area contributed by atoms with Crippen LogP contribution in [0.4, 0.5) is 4.39 Å². The topological polar surface area (TPSA) is 70.0 Å². The molecule has 7 heteroatoms. The third-order valence-electron chi connectivity index (χ3n) is 4.36. The van der Waals surface area contributed by atoms with Crippen molar-refractivity contribution in [2.45, 2.75) is 26.2 Å². The lowest BCUT2D eigenvalue weighted by Crippen LogP contribution is -2.18. The summed E-state index contributed by atoms with van der Waals surface area (Å²) in [6.45, 7) is 2.98. The standard InChI is InChI=1S/C17H18FN5O/c18-15-3-1-12(2-4-15)17-14(7-19-21-17)10-22-9-13-8-20-23(5-6-24)16(13)11-22/h1-4,7-8,24H,5-6,9-11H2,(H,19,21). The molecule has 6 nitrogen and oxygen atoms in total.